The minimum atomic E-state index is -2.51. The third-order valence-corrected chi connectivity index (χ3v) is 9.05. The summed E-state index contributed by atoms with van der Waals surface area (Å²) in [6.45, 7) is 5.04. The number of nitrogens with one attached hydrogen (secondary N) is 1. The highest BCUT2D eigenvalue weighted by Gasteiger charge is 2.46. The number of halogens is 3. The Bertz CT molecular complexity index is 1470. The molecule has 1 aromatic carbocycles. The molecule has 3 aliphatic heterocycles. The highest BCUT2D eigenvalue weighted by molar-refractivity contribution is 7.19. The summed E-state index contributed by atoms with van der Waals surface area (Å²) in [5.74, 6) is -1.64. The summed E-state index contributed by atoms with van der Waals surface area (Å²) in [5.41, 5.74) is 2.07. The van der Waals surface area contributed by atoms with Crippen LogP contribution in [-0.2, 0) is 11.3 Å². The van der Waals surface area contributed by atoms with Crippen molar-refractivity contribution in [2.75, 3.05) is 57.4 Å². The van der Waals surface area contributed by atoms with Gasteiger partial charge in [0.05, 0.1) is 42.1 Å². The number of alkyl halides is 2. The fourth-order valence-corrected chi connectivity index (χ4v) is 7.10. The van der Waals surface area contributed by atoms with Crippen molar-refractivity contribution in [1.29, 1.82) is 0 Å². The number of hydrogen-bond donors (Lipinski definition) is 1. The highest BCUT2D eigenvalue weighted by atomic mass is 32.1. The summed E-state index contributed by atoms with van der Waals surface area (Å²) in [5, 5.41) is 0.760. The first-order chi connectivity index (χ1) is 18.4. The van der Waals surface area contributed by atoms with Gasteiger partial charge in [-0.05, 0) is 37.1 Å². The van der Waals surface area contributed by atoms with Gasteiger partial charge in [0.1, 0.15) is 5.82 Å². The predicted molar refractivity (Wildman–Crippen MR) is 143 cm³/mol. The first-order valence-corrected chi connectivity index (χ1v) is 14.0. The van der Waals surface area contributed by atoms with Crippen LogP contribution < -0.4 is 4.90 Å². The lowest BCUT2D eigenvalue weighted by Crippen LogP contribution is -2.61. The Kier molecular flexibility index (Phi) is 6.06. The number of ether oxygens (including phenoxy) is 1. The molecule has 11 heteroatoms. The number of piperidine rings is 1. The zero-order chi connectivity index (χ0) is 25.9. The molecule has 0 bridgehead atoms. The second kappa shape index (κ2) is 9.48. The molecule has 4 aromatic rings. The zero-order valence-corrected chi connectivity index (χ0v) is 21.7. The van der Waals surface area contributed by atoms with Crippen molar-refractivity contribution < 1.29 is 17.9 Å². The van der Waals surface area contributed by atoms with Gasteiger partial charge in [-0.15, -0.1) is 11.3 Å². The molecule has 0 aliphatic carbocycles. The molecule has 38 heavy (non-hydrogen) atoms. The average Bonchev–Trinajstić information content (AvgIpc) is 3.54. The van der Waals surface area contributed by atoms with Crippen molar-refractivity contribution in [2.45, 2.75) is 31.4 Å². The van der Waals surface area contributed by atoms with Gasteiger partial charge in [-0.3, -0.25) is 9.80 Å². The van der Waals surface area contributed by atoms with E-state index >= 15 is 4.39 Å². The molecule has 0 amide bonds. The first-order valence-electron chi connectivity index (χ1n) is 13.2. The molecule has 7 rings (SSSR count). The predicted octanol–water partition coefficient (Wildman–Crippen LogP) is 4.73. The molecule has 7 nitrogen and oxygen atoms in total. The number of fused-ring (bicyclic) bond motifs is 2. The molecular weight excluding hydrogens is 513 g/mol. The van der Waals surface area contributed by atoms with Crippen LogP contribution >= 0.6 is 11.3 Å². The maximum absolute atomic E-state index is 15.2. The van der Waals surface area contributed by atoms with Gasteiger partial charge < -0.3 is 14.6 Å². The molecule has 6 heterocycles. The minimum Gasteiger partial charge on any atom is -0.378 e. The lowest BCUT2D eigenvalue weighted by atomic mass is 9.98. The maximum atomic E-state index is 15.2. The van der Waals surface area contributed by atoms with Crippen LogP contribution in [-0.4, -0.2) is 89.2 Å². The number of aromatic amines is 1. The van der Waals surface area contributed by atoms with Gasteiger partial charge in [-0.1, -0.05) is 0 Å². The van der Waals surface area contributed by atoms with E-state index in [1.54, 1.807) is 23.6 Å². The largest absolute Gasteiger partial charge is 0.378 e. The number of H-pyrrole nitrogens is 1. The molecule has 0 saturated carbocycles. The summed E-state index contributed by atoms with van der Waals surface area (Å²) >= 11 is 1.69. The molecule has 3 aromatic heterocycles. The second-order valence-electron chi connectivity index (χ2n) is 10.5. The molecule has 1 N–H and O–H groups in total. The Labute approximate surface area is 222 Å². The number of nitrogens with zero attached hydrogens (tertiary/aromatic N) is 5. The molecule has 3 fully saturated rings. The SMILES string of the molecule is Fc1ccc2[nH]ccc2c1-c1nc(N2CCOCC2)c2sc(CN3CCC(N4CC(F)(F)C4)CC3)cc2n1. The number of aromatic nitrogens is 3. The topological polar surface area (TPSA) is 60.5 Å². The summed E-state index contributed by atoms with van der Waals surface area (Å²) in [4.78, 5) is 20.7. The summed E-state index contributed by atoms with van der Waals surface area (Å²) in [7, 11) is 0. The van der Waals surface area contributed by atoms with Crippen molar-refractivity contribution in [3.63, 3.8) is 0 Å². The Morgan fingerprint density at radius 3 is 2.61 bits per heavy atom. The van der Waals surface area contributed by atoms with Gasteiger partial charge in [-0.25, -0.2) is 23.1 Å². The fraction of sp³-hybridized carbons (Fsp3) is 0.481. The van der Waals surface area contributed by atoms with E-state index in [2.05, 4.69) is 20.9 Å². The van der Waals surface area contributed by atoms with Gasteiger partial charge in [0.25, 0.3) is 5.92 Å². The second-order valence-corrected chi connectivity index (χ2v) is 11.7. The molecule has 0 radical (unpaired) electrons. The Hall–Kier alpha value is -2.73. The average molecular weight is 543 g/mol. The molecule has 0 spiro atoms. The van der Waals surface area contributed by atoms with Crippen LogP contribution in [0.5, 0.6) is 0 Å². The molecule has 0 atom stereocenters. The van der Waals surface area contributed by atoms with E-state index in [1.165, 1.54) is 10.9 Å². The highest BCUT2D eigenvalue weighted by Crippen LogP contribution is 2.38. The van der Waals surface area contributed by atoms with Gasteiger partial charge in [0.15, 0.2) is 11.6 Å². The van der Waals surface area contributed by atoms with E-state index in [0.29, 0.717) is 24.6 Å². The van der Waals surface area contributed by atoms with Crippen LogP contribution in [0.1, 0.15) is 17.7 Å². The van der Waals surface area contributed by atoms with Crippen molar-refractivity contribution in [1.82, 2.24) is 24.8 Å². The summed E-state index contributed by atoms with van der Waals surface area (Å²) in [6, 6.07) is 7.40. The first kappa shape index (κ1) is 24.3. The van der Waals surface area contributed by atoms with Crippen LogP contribution in [0, 0.1) is 5.82 Å². The van der Waals surface area contributed by atoms with Crippen molar-refractivity contribution in [3.8, 4) is 11.4 Å². The normalized spacial score (nSPS) is 21.4. The van der Waals surface area contributed by atoms with E-state index in [9.17, 15) is 8.78 Å². The number of likely N-dealkylation sites (tertiary alicyclic amines) is 2. The molecule has 200 valence electrons. The third-order valence-electron chi connectivity index (χ3n) is 7.94. The number of hydrogen-bond acceptors (Lipinski definition) is 7. The Morgan fingerprint density at radius 2 is 1.84 bits per heavy atom. The molecule has 0 unspecified atom stereocenters. The molecule has 3 saturated heterocycles. The lowest BCUT2D eigenvalue weighted by Gasteiger charge is -2.46. The van der Waals surface area contributed by atoms with Crippen LogP contribution in [0.15, 0.2) is 30.5 Å². The minimum absolute atomic E-state index is 0.101. The number of benzene rings is 1. The monoisotopic (exact) mass is 542 g/mol. The quantitative estimate of drug-likeness (QED) is 0.394. The number of rotatable bonds is 5. The van der Waals surface area contributed by atoms with E-state index in [-0.39, 0.29) is 24.9 Å². The Morgan fingerprint density at radius 1 is 1.05 bits per heavy atom. The third kappa shape index (κ3) is 4.45. The number of morpholine rings is 1. The van der Waals surface area contributed by atoms with Crippen LogP contribution in [0.2, 0.25) is 0 Å². The number of anilines is 1. The molecule has 3 aliphatic rings. The van der Waals surface area contributed by atoms with Gasteiger partial charge in [0, 0.05) is 60.7 Å². The van der Waals surface area contributed by atoms with Crippen LogP contribution in [0.4, 0.5) is 19.0 Å². The van der Waals surface area contributed by atoms with Crippen molar-refractivity contribution in [2.24, 2.45) is 0 Å². The van der Waals surface area contributed by atoms with Crippen molar-refractivity contribution >= 4 is 38.3 Å². The van der Waals surface area contributed by atoms with Crippen molar-refractivity contribution in [3.05, 3.63) is 41.2 Å². The van der Waals surface area contributed by atoms with E-state index in [0.717, 1.165) is 72.5 Å². The van der Waals surface area contributed by atoms with E-state index in [4.69, 9.17) is 14.7 Å². The summed E-state index contributed by atoms with van der Waals surface area (Å²) in [6.07, 6.45) is 3.61. The maximum Gasteiger partial charge on any atom is 0.272 e. The Balaban J connectivity index is 1.19. The van der Waals surface area contributed by atoms with E-state index < -0.39 is 5.92 Å². The van der Waals surface area contributed by atoms with Gasteiger partial charge >= 0.3 is 0 Å². The number of thiophene rings is 1. The zero-order valence-electron chi connectivity index (χ0n) is 20.9. The summed E-state index contributed by atoms with van der Waals surface area (Å²) < 4.78 is 48.3. The smallest absolute Gasteiger partial charge is 0.272 e. The fourth-order valence-electron chi connectivity index (χ4n) is 5.95. The van der Waals surface area contributed by atoms with E-state index in [1.807, 2.05) is 11.0 Å². The molecular formula is C27H29F3N6OS. The standard InChI is InChI=1S/C27H29F3N6OS/c28-20-1-2-21-19(3-6-31-21)23(20)25-32-22-13-18(38-24(22)26(33-25)35-9-11-37-12-10-35)14-34-7-4-17(5-8-34)36-15-27(29,30)16-36/h1-3,6,13,17,31H,4-5,7-12,14-16H2. The van der Waals surface area contributed by atoms with Gasteiger partial charge in [-0.2, -0.15) is 0 Å². The van der Waals surface area contributed by atoms with Gasteiger partial charge in [0.2, 0.25) is 0 Å². The lowest BCUT2D eigenvalue weighted by molar-refractivity contribution is -0.151. The van der Waals surface area contributed by atoms with Crippen LogP contribution in [0.25, 0.3) is 32.5 Å². The van der Waals surface area contributed by atoms with Crippen LogP contribution in [0.3, 0.4) is 0 Å².